The quantitative estimate of drug-likeness (QED) is 0.664. The Hall–Kier alpha value is -1.38. The van der Waals surface area contributed by atoms with Gasteiger partial charge in [-0.2, -0.15) is 4.57 Å². The molecule has 12 heavy (non-hydrogen) atoms. The van der Waals surface area contributed by atoms with Crippen molar-refractivity contribution in [2.45, 2.75) is 19.9 Å². The number of carboxylic acid groups (broad SMARTS) is 1. The first-order valence-corrected chi connectivity index (χ1v) is 3.81. The van der Waals surface area contributed by atoms with Crippen molar-refractivity contribution >= 4 is 5.97 Å². The van der Waals surface area contributed by atoms with Crippen molar-refractivity contribution in [2.24, 2.45) is 0 Å². The minimum atomic E-state index is -0.814. The lowest BCUT2D eigenvalue weighted by Crippen LogP contribution is -2.41. The summed E-state index contributed by atoms with van der Waals surface area (Å²) in [5.74, 6) is -0.814. The fraction of sp³-hybridized carbons (Fsp3) is 0.333. The average Bonchev–Trinajstić information content (AvgIpc) is 2.03. The van der Waals surface area contributed by atoms with Crippen LogP contribution >= 0.6 is 0 Å². The first-order valence-electron chi connectivity index (χ1n) is 3.81. The fourth-order valence-electron chi connectivity index (χ4n) is 0.984. The maximum absolute atomic E-state index is 10.6. The normalized spacial score (nSPS) is 12.5. The minimum Gasteiger partial charge on any atom is -0.476 e. The monoisotopic (exact) mass is 166 g/mol. The van der Waals surface area contributed by atoms with Gasteiger partial charge in [-0.3, -0.25) is 0 Å². The molecule has 0 aliphatic carbocycles. The molecule has 64 valence electrons. The molecule has 1 N–H and O–H groups in total. The van der Waals surface area contributed by atoms with E-state index in [1.807, 2.05) is 25.3 Å². The van der Waals surface area contributed by atoms with E-state index in [0.717, 1.165) is 5.56 Å². The molecule has 1 unspecified atom stereocenters. The summed E-state index contributed by atoms with van der Waals surface area (Å²) >= 11 is 0. The first-order chi connectivity index (χ1) is 5.61. The maximum atomic E-state index is 10.6. The summed E-state index contributed by atoms with van der Waals surface area (Å²) in [6, 6.07) is 3.28. The second kappa shape index (κ2) is 3.34. The van der Waals surface area contributed by atoms with Crippen LogP contribution in [0.25, 0.3) is 0 Å². The van der Waals surface area contributed by atoms with Crippen molar-refractivity contribution in [2.75, 3.05) is 0 Å². The zero-order valence-electron chi connectivity index (χ0n) is 7.19. The molecule has 0 saturated carbocycles. The van der Waals surface area contributed by atoms with Crippen LogP contribution < -0.4 is 4.57 Å². The molecule has 0 aromatic carbocycles. The Morgan fingerprint density at radius 1 is 1.67 bits per heavy atom. The summed E-state index contributed by atoms with van der Waals surface area (Å²) in [4.78, 5) is 10.6. The van der Waals surface area contributed by atoms with Crippen LogP contribution in [0.5, 0.6) is 0 Å². The van der Waals surface area contributed by atoms with E-state index in [-0.39, 0.29) is 0 Å². The molecule has 1 aromatic rings. The van der Waals surface area contributed by atoms with E-state index < -0.39 is 12.0 Å². The van der Waals surface area contributed by atoms with Crippen molar-refractivity contribution in [3.8, 4) is 0 Å². The number of hydrogen-bond donors (Lipinski definition) is 1. The van der Waals surface area contributed by atoms with E-state index in [0.29, 0.717) is 0 Å². The van der Waals surface area contributed by atoms with Crippen molar-refractivity contribution in [3.63, 3.8) is 0 Å². The average molecular weight is 166 g/mol. The van der Waals surface area contributed by atoms with Gasteiger partial charge in [0.05, 0.1) is 0 Å². The SMILES string of the molecule is Cc1ccc[n+](C(C)C(=O)O)c1. The Balaban J connectivity index is 2.95. The molecule has 0 bridgehead atoms. The van der Waals surface area contributed by atoms with Gasteiger partial charge in [-0.1, -0.05) is 0 Å². The van der Waals surface area contributed by atoms with E-state index in [9.17, 15) is 4.79 Å². The first kappa shape index (κ1) is 8.71. The predicted molar refractivity (Wildman–Crippen MR) is 43.7 cm³/mol. The Bertz CT molecular complexity index is 296. The number of nitrogens with zero attached hydrogens (tertiary/aromatic N) is 1. The standard InChI is InChI=1S/C9H11NO2/c1-7-4-3-5-10(6-7)8(2)9(11)12/h3-6,8H,1-2H3/p+1. The summed E-state index contributed by atoms with van der Waals surface area (Å²) in [6.45, 7) is 3.59. The van der Waals surface area contributed by atoms with Gasteiger partial charge in [0.25, 0.3) is 6.04 Å². The van der Waals surface area contributed by atoms with E-state index in [2.05, 4.69) is 0 Å². The summed E-state index contributed by atoms with van der Waals surface area (Å²) in [5.41, 5.74) is 1.06. The molecule has 1 atom stereocenters. The van der Waals surface area contributed by atoms with Crippen LogP contribution in [0.15, 0.2) is 24.5 Å². The van der Waals surface area contributed by atoms with Crippen molar-refractivity contribution in [1.29, 1.82) is 0 Å². The molecule has 3 heteroatoms. The Kier molecular flexibility index (Phi) is 2.43. The molecule has 0 fully saturated rings. The summed E-state index contributed by atoms with van der Waals surface area (Å²) in [6.07, 6.45) is 3.57. The molecular weight excluding hydrogens is 154 g/mol. The number of carbonyl (C=O) groups is 1. The lowest BCUT2D eigenvalue weighted by atomic mass is 10.3. The van der Waals surface area contributed by atoms with E-state index in [1.165, 1.54) is 0 Å². The highest BCUT2D eigenvalue weighted by molar-refractivity contribution is 5.69. The number of hydrogen-bond acceptors (Lipinski definition) is 1. The lowest BCUT2D eigenvalue weighted by molar-refractivity contribution is -0.707. The van der Waals surface area contributed by atoms with Gasteiger partial charge in [0.15, 0.2) is 12.4 Å². The summed E-state index contributed by atoms with van der Waals surface area (Å²) in [5, 5.41) is 8.71. The van der Waals surface area contributed by atoms with Gasteiger partial charge in [0.1, 0.15) is 0 Å². The zero-order valence-corrected chi connectivity index (χ0v) is 7.19. The van der Waals surface area contributed by atoms with Gasteiger partial charge in [-0.05, 0) is 13.0 Å². The molecule has 0 aliphatic heterocycles. The zero-order chi connectivity index (χ0) is 9.14. The highest BCUT2D eigenvalue weighted by Crippen LogP contribution is 1.96. The summed E-state index contributed by atoms with van der Waals surface area (Å²) in [7, 11) is 0. The molecule has 0 spiro atoms. The smallest absolute Gasteiger partial charge is 0.373 e. The Labute approximate surface area is 71.3 Å². The number of aryl methyl sites for hydroxylation is 1. The van der Waals surface area contributed by atoms with Crippen LogP contribution in [0.3, 0.4) is 0 Å². The van der Waals surface area contributed by atoms with E-state index in [4.69, 9.17) is 5.11 Å². The largest absolute Gasteiger partial charge is 0.476 e. The molecule has 1 aromatic heterocycles. The van der Waals surface area contributed by atoms with Crippen molar-refractivity contribution < 1.29 is 14.5 Å². The molecule has 0 amide bonds. The third-order valence-corrected chi connectivity index (χ3v) is 1.77. The molecule has 0 saturated heterocycles. The van der Waals surface area contributed by atoms with Crippen LogP contribution in [0, 0.1) is 6.92 Å². The maximum Gasteiger partial charge on any atom is 0.373 e. The highest BCUT2D eigenvalue weighted by Gasteiger charge is 2.19. The topological polar surface area (TPSA) is 41.2 Å². The van der Waals surface area contributed by atoms with Crippen LogP contribution in [0.1, 0.15) is 18.5 Å². The van der Waals surface area contributed by atoms with Gasteiger partial charge in [-0.25, -0.2) is 4.79 Å². The second-order valence-corrected chi connectivity index (χ2v) is 2.84. The lowest BCUT2D eigenvalue weighted by Gasteiger charge is -2.00. The number of pyridine rings is 1. The molecule has 0 aliphatic rings. The molecular formula is C9H12NO2+. The predicted octanol–water partition coefficient (Wildman–Crippen LogP) is 0.928. The van der Waals surface area contributed by atoms with Crippen LogP contribution in [-0.4, -0.2) is 11.1 Å². The van der Waals surface area contributed by atoms with Gasteiger partial charge >= 0.3 is 5.97 Å². The van der Waals surface area contributed by atoms with Crippen LogP contribution in [0.2, 0.25) is 0 Å². The number of carboxylic acids is 1. The fourth-order valence-corrected chi connectivity index (χ4v) is 0.984. The van der Waals surface area contributed by atoms with Gasteiger partial charge in [-0.15, -0.1) is 0 Å². The molecule has 3 nitrogen and oxygen atoms in total. The summed E-state index contributed by atoms with van der Waals surface area (Å²) < 4.78 is 1.68. The van der Waals surface area contributed by atoms with Crippen LogP contribution in [0.4, 0.5) is 0 Å². The number of aliphatic carboxylic acids is 1. The third kappa shape index (κ3) is 1.81. The third-order valence-electron chi connectivity index (χ3n) is 1.77. The van der Waals surface area contributed by atoms with Gasteiger partial charge < -0.3 is 5.11 Å². The van der Waals surface area contributed by atoms with Crippen molar-refractivity contribution in [1.82, 2.24) is 0 Å². The van der Waals surface area contributed by atoms with Gasteiger partial charge in [0.2, 0.25) is 0 Å². The van der Waals surface area contributed by atoms with Crippen molar-refractivity contribution in [3.05, 3.63) is 30.1 Å². The minimum absolute atomic E-state index is 0.495. The van der Waals surface area contributed by atoms with E-state index >= 15 is 0 Å². The number of rotatable bonds is 2. The Morgan fingerprint density at radius 2 is 2.33 bits per heavy atom. The van der Waals surface area contributed by atoms with Gasteiger partial charge in [0, 0.05) is 18.6 Å². The van der Waals surface area contributed by atoms with E-state index in [1.54, 1.807) is 17.7 Å². The molecule has 1 heterocycles. The Morgan fingerprint density at radius 3 is 2.83 bits per heavy atom. The number of aromatic nitrogens is 1. The molecule has 1 rings (SSSR count). The second-order valence-electron chi connectivity index (χ2n) is 2.84. The highest BCUT2D eigenvalue weighted by atomic mass is 16.4. The molecule has 0 radical (unpaired) electrons. The van der Waals surface area contributed by atoms with Crippen LogP contribution in [-0.2, 0) is 4.79 Å².